The first-order chi connectivity index (χ1) is 6.07. The van der Waals surface area contributed by atoms with Crippen LogP contribution in [0.25, 0.3) is 0 Å². The summed E-state index contributed by atoms with van der Waals surface area (Å²) in [6.45, 7) is 3.48. The second kappa shape index (κ2) is 4.20. The van der Waals surface area contributed by atoms with Gasteiger partial charge in [0.25, 0.3) is 0 Å². The zero-order chi connectivity index (χ0) is 10.0. The molecular weight excluding hydrogens is 235 g/mol. The zero-order valence-corrected chi connectivity index (χ0v) is 9.23. The van der Waals surface area contributed by atoms with Crippen LogP contribution in [-0.4, -0.2) is 11.7 Å². The zero-order valence-electron chi connectivity index (χ0n) is 7.64. The second-order valence-electron chi connectivity index (χ2n) is 3.16. The first kappa shape index (κ1) is 10.7. The number of hydrogen-bond acceptors (Lipinski definition) is 1. The summed E-state index contributed by atoms with van der Waals surface area (Å²) in [5.41, 5.74) is 1.17. The highest BCUT2D eigenvalue weighted by atomic mass is 79.9. The molecule has 0 aliphatic heterocycles. The average Bonchev–Trinajstić information content (AvgIpc) is 2.13. The van der Waals surface area contributed by atoms with Crippen LogP contribution < -0.4 is 0 Å². The molecule has 0 amide bonds. The molecule has 0 bridgehead atoms. The van der Waals surface area contributed by atoms with Crippen LogP contribution in [0.5, 0.6) is 0 Å². The Morgan fingerprint density at radius 3 is 2.69 bits per heavy atom. The molecule has 1 N–H and O–H groups in total. The Kier molecular flexibility index (Phi) is 3.45. The normalized spacial score (nSPS) is 13.0. The van der Waals surface area contributed by atoms with E-state index in [-0.39, 0.29) is 18.3 Å². The minimum Gasteiger partial charge on any atom is -0.396 e. The van der Waals surface area contributed by atoms with E-state index in [1.807, 2.05) is 0 Å². The fourth-order valence-corrected chi connectivity index (χ4v) is 1.47. The molecule has 1 aromatic carbocycles. The molecule has 0 saturated heterocycles. The fourth-order valence-electron chi connectivity index (χ4n) is 1.16. The Morgan fingerprint density at radius 1 is 1.54 bits per heavy atom. The highest BCUT2D eigenvalue weighted by molar-refractivity contribution is 9.10. The van der Waals surface area contributed by atoms with Crippen LogP contribution in [0.4, 0.5) is 4.39 Å². The first-order valence-corrected chi connectivity index (χ1v) is 4.92. The molecule has 0 spiro atoms. The summed E-state index contributed by atoms with van der Waals surface area (Å²) < 4.78 is 14.3. The third-order valence-electron chi connectivity index (χ3n) is 2.15. The molecule has 0 aromatic heterocycles. The molecule has 0 heterocycles. The largest absolute Gasteiger partial charge is 0.396 e. The minimum absolute atomic E-state index is 0.0298. The van der Waals surface area contributed by atoms with E-state index < -0.39 is 0 Å². The Bertz CT molecular complexity index is 312. The monoisotopic (exact) mass is 246 g/mol. The van der Waals surface area contributed by atoms with Crippen LogP contribution in [0, 0.1) is 12.7 Å². The van der Waals surface area contributed by atoms with E-state index in [0.717, 1.165) is 4.47 Å². The number of aliphatic hydroxyl groups is 1. The molecule has 1 unspecified atom stereocenters. The third-order valence-corrected chi connectivity index (χ3v) is 3.01. The van der Waals surface area contributed by atoms with Crippen molar-refractivity contribution in [1.29, 1.82) is 0 Å². The number of aliphatic hydroxyl groups excluding tert-OH is 1. The van der Waals surface area contributed by atoms with Crippen LogP contribution in [-0.2, 0) is 0 Å². The molecule has 0 radical (unpaired) electrons. The van der Waals surface area contributed by atoms with Crippen molar-refractivity contribution in [3.8, 4) is 0 Å². The highest BCUT2D eigenvalue weighted by Gasteiger charge is 2.13. The minimum atomic E-state index is -0.226. The first-order valence-electron chi connectivity index (χ1n) is 4.13. The van der Waals surface area contributed by atoms with Gasteiger partial charge in [-0.15, -0.1) is 0 Å². The van der Waals surface area contributed by atoms with Crippen LogP contribution in [0.15, 0.2) is 16.6 Å². The van der Waals surface area contributed by atoms with Gasteiger partial charge in [0.1, 0.15) is 5.82 Å². The van der Waals surface area contributed by atoms with E-state index in [2.05, 4.69) is 15.9 Å². The van der Waals surface area contributed by atoms with Gasteiger partial charge >= 0.3 is 0 Å². The van der Waals surface area contributed by atoms with Crippen molar-refractivity contribution in [2.24, 2.45) is 0 Å². The lowest BCUT2D eigenvalue weighted by Gasteiger charge is -2.11. The van der Waals surface area contributed by atoms with Gasteiger partial charge in [0, 0.05) is 17.0 Å². The lowest BCUT2D eigenvalue weighted by molar-refractivity contribution is 0.270. The number of benzene rings is 1. The van der Waals surface area contributed by atoms with Gasteiger partial charge in [-0.05, 0) is 24.1 Å². The van der Waals surface area contributed by atoms with E-state index in [1.165, 1.54) is 0 Å². The molecule has 1 atom stereocenters. The Balaban J connectivity index is 3.18. The summed E-state index contributed by atoms with van der Waals surface area (Å²) >= 11 is 3.25. The summed E-state index contributed by atoms with van der Waals surface area (Å²) in [5, 5.41) is 8.89. The number of hydrogen-bond donors (Lipinski definition) is 1. The summed E-state index contributed by atoms with van der Waals surface area (Å²) in [6, 6.07) is 3.51. The van der Waals surface area contributed by atoms with Gasteiger partial charge in [-0.1, -0.05) is 28.9 Å². The van der Waals surface area contributed by atoms with Crippen LogP contribution in [0.1, 0.15) is 24.0 Å². The predicted octanol–water partition coefficient (Wildman–Crippen LogP) is 2.99. The van der Waals surface area contributed by atoms with Crippen molar-refractivity contribution >= 4 is 15.9 Å². The van der Waals surface area contributed by atoms with Crippen molar-refractivity contribution in [2.75, 3.05) is 6.61 Å². The third kappa shape index (κ3) is 2.09. The quantitative estimate of drug-likeness (QED) is 0.851. The molecule has 0 fully saturated rings. The fraction of sp³-hybridized carbons (Fsp3) is 0.400. The lowest BCUT2D eigenvalue weighted by Crippen LogP contribution is -2.03. The Hall–Kier alpha value is -0.410. The maximum Gasteiger partial charge on any atom is 0.130 e. The van der Waals surface area contributed by atoms with Gasteiger partial charge in [-0.2, -0.15) is 0 Å². The molecule has 0 aliphatic carbocycles. The smallest absolute Gasteiger partial charge is 0.130 e. The summed E-state index contributed by atoms with van der Waals surface area (Å²) in [4.78, 5) is 0. The van der Waals surface area contributed by atoms with Crippen LogP contribution in [0.3, 0.4) is 0 Å². The molecule has 1 rings (SSSR count). The van der Waals surface area contributed by atoms with Crippen molar-refractivity contribution in [1.82, 2.24) is 0 Å². The molecule has 13 heavy (non-hydrogen) atoms. The van der Waals surface area contributed by atoms with E-state index >= 15 is 0 Å². The lowest BCUT2D eigenvalue weighted by atomic mass is 9.99. The van der Waals surface area contributed by atoms with Gasteiger partial charge < -0.3 is 5.11 Å². The summed E-state index contributed by atoms with van der Waals surface area (Å²) in [6.07, 6.45) is 0. The van der Waals surface area contributed by atoms with E-state index in [0.29, 0.717) is 11.1 Å². The topological polar surface area (TPSA) is 20.2 Å². The molecule has 72 valence electrons. The summed E-state index contributed by atoms with van der Waals surface area (Å²) in [7, 11) is 0. The van der Waals surface area contributed by atoms with Crippen LogP contribution in [0.2, 0.25) is 0 Å². The SMILES string of the molecule is Cc1c(Br)ccc(C(C)CO)c1F. The molecule has 1 nitrogen and oxygen atoms in total. The second-order valence-corrected chi connectivity index (χ2v) is 4.01. The Morgan fingerprint density at radius 2 is 2.15 bits per heavy atom. The Labute approximate surface area is 85.7 Å². The number of halogens is 2. The van der Waals surface area contributed by atoms with Gasteiger partial charge in [-0.25, -0.2) is 4.39 Å². The molecule has 0 saturated carbocycles. The van der Waals surface area contributed by atoms with Crippen molar-refractivity contribution in [3.63, 3.8) is 0 Å². The standard InChI is InChI=1S/C10H12BrFO/c1-6(5-13)8-3-4-9(11)7(2)10(8)12/h3-4,6,13H,5H2,1-2H3. The molecule has 3 heteroatoms. The summed E-state index contributed by atoms with van der Waals surface area (Å²) in [5.74, 6) is -0.372. The van der Waals surface area contributed by atoms with Crippen LogP contribution >= 0.6 is 15.9 Å². The number of rotatable bonds is 2. The maximum atomic E-state index is 13.6. The van der Waals surface area contributed by atoms with E-state index in [4.69, 9.17) is 5.11 Å². The maximum absolute atomic E-state index is 13.6. The van der Waals surface area contributed by atoms with Crippen molar-refractivity contribution < 1.29 is 9.50 Å². The van der Waals surface area contributed by atoms with Crippen molar-refractivity contribution in [3.05, 3.63) is 33.5 Å². The van der Waals surface area contributed by atoms with Gasteiger partial charge in [0.15, 0.2) is 0 Å². The van der Waals surface area contributed by atoms with Gasteiger partial charge in [0.05, 0.1) is 0 Å². The average molecular weight is 247 g/mol. The van der Waals surface area contributed by atoms with Gasteiger partial charge in [0.2, 0.25) is 0 Å². The molecule has 1 aromatic rings. The van der Waals surface area contributed by atoms with E-state index in [9.17, 15) is 4.39 Å². The molecular formula is C10H12BrFO. The van der Waals surface area contributed by atoms with Crippen molar-refractivity contribution in [2.45, 2.75) is 19.8 Å². The molecule has 0 aliphatic rings. The highest BCUT2D eigenvalue weighted by Crippen LogP contribution is 2.26. The van der Waals surface area contributed by atoms with E-state index in [1.54, 1.807) is 26.0 Å². The predicted molar refractivity (Wildman–Crippen MR) is 54.3 cm³/mol. The van der Waals surface area contributed by atoms with Gasteiger partial charge in [-0.3, -0.25) is 0 Å².